The molecule has 0 spiro atoms. The number of anilines is 1. The summed E-state index contributed by atoms with van der Waals surface area (Å²) in [7, 11) is 1.27. The number of carbonyl (C=O) groups is 1. The Hall–Kier alpha value is -1.23. The SMILES string of the molecule is CCC(C)CSc1cc(C(=O)OC)c(N)cc1F. The zero-order valence-electron chi connectivity index (χ0n) is 10.8. The van der Waals surface area contributed by atoms with Gasteiger partial charge >= 0.3 is 5.97 Å². The van der Waals surface area contributed by atoms with E-state index in [4.69, 9.17) is 5.73 Å². The third-order valence-electron chi connectivity index (χ3n) is 2.73. The first kappa shape index (κ1) is 14.8. The third kappa shape index (κ3) is 3.63. The number of nitrogens with two attached hydrogens (primary N) is 1. The molecular formula is C13H18FNO2S. The zero-order valence-corrected chi connectivity index (χ0v) is 11.6. The molecule has 0 saturated carbocycles. The van der Waals surface area contributed by atoms with Crippen LogP contribution < -0.4 is 5.73 Å². The molecule has 0 radical (unpaired) electrons. The Balaban J connectivity index is 2.94. The Morgan fingerprint density at radius 2 is 2.22 bits per heavy atom. The average molecular weight is 271 g/mol. The maximum Gasteiger partial charge on any atom is 0.339 e. The number of rotatable bonds is 5. The highest BCUT2D eigenvalue weighted by molar-refractivity contribution is 7.99. The summed E-state index contributed by atoms with van der Waals surface area (Å²) in [6, 6.07) is 2.63. The Morgan fingerprint density at radius 3 is 2.78 bits per heavy atom. The van der Waals surface area contributed by atoms with Crippen LogP contribution in [0.25, 0.3) is 0 Å². The van der Waals surface area contributed by atoms with E-state index in [1.54, 1.807) is 0 Å². The molecule has 0 saturated heterocycles. The van der Waals surface area contributed by atoms with Crippen LogP contribution in [0.2, 0.25) is 0 Å². The minimum absolute atomic E-state index is 0.104. The number of carbonyl (C=O) groups excluding carboxylic acids is 1. The summed E-state index contributed by atoms with van der Waals surface area (Å²) in [4.78, 5) is 11.9. The quantitative estimate of drug-likeness (QED) is 0.507. The van der Waals surface area contributed by atoms with Crippen LogP contribution in [0.15, 0.2) is 17.0 Å². The number of esters is 1. The van der Waals surface area contributed by atoms with Gasteiger partial charge in [0, 0.05) is 16.3 Å². The standard InChI is InChI=1S/C13H18FNO2S/c1-4-8(2)7-18-12-5-9(13(16)17-3)11(15)6-10(12)14/h5-6,8H,4,7,15H2,1-3H3. The van der Waals surface area contributed by atoms with Gasteiger partial charge in [-0.1, -0.05) is 20.3 Å². The van der Waals surface area contributed by atoms with Crippen molar-refractivity contribution in [2.75, 3.05) is 18.6 Å². The molecule has 0 aliphatic heterocycles. The summed E-state index contributed by atoms with van der Waals surface area (Å²) in [5.74, 6) is 0.359. The highest BCUT2D eigenvalue weighted by Gasteiger charge is 2.15. The smallest absolute Gasteiger partial charge is 0.339 e. The zero-order chi connectivity index (χ0) is 13.7. The number of hydrogen-bond donors (Lipinski definition) is 1. The lowest BCUT2D eigenvalue weighted by molar-refractivity contribution is 0.0601. The molecule has 0 bridgehead atoms. The highest BCUT2D eigenvalue weighted by atomic mass is 32.2. The molecule has 0 aliphatic carbocycles. The summed E-state index contributed by atoms with van der Waals surface area (Å²) in [6.45, 7) is 4.19. The number of benzene rings is 1. The van der Waals surface area contributed by atoms with E-state index in [9.17, 15) is 9.18 Å². The van der Waals surface area contributed by atoms with Crippen molar-refractivity contribution in [3.8, 4) is 0 Å². The van der Waals surface area contributed by atoms with Crippen molar-refractivity contribution in [2.24, 2.45) is 5.92 Å². The summed E-state index contributed by atoms with van der Waals surface area (Å²) in [5, 5.41) is 0. The van der Waals surface area contributed by atoms with E-state index >= 15 is 0 Å². The van der Waals surface area contributed by atoms with Gasteiger partial charge in [-0.3, -0.25) is 0 Å². The molecule has 1 aromatic carbocycles. The maximum atomic E-state index is 13.7. The fourth-order valence-electron chi connectivity index (χ4n) is 1.32. The van der Waals surface area contributed by atoms with Crippen LogP contribution in [-0.4, -0.2) is 18.8 Å². The lowest BCUT2D eigenvalue weighted by Gasteiger charge is -2.11. The third-order valence-corrected chi connectivity index (χ3v) is 4.09. The van der Waals surface area contributed by atoms with Crippen molar-refractivity contribution < 1.29 is 13.9 Å². The number of nitrogen functional groups attached to an aromatic ring is 1. The van der Waals surface area contributed by atoms with E-state index < -0.39 is 11.8 Å². The van der Waals surface area contributed by atoms with Gasteiger partial charge in [0.05, 0.1) is 12.7 Å². The molecule has 100 valence electrons. The van der Waals surface area contributed by atoms with Crippen LogP contribution in [0.3, 0.4) is 0 Å². The van der Waals surface area contributed by atoms with E-state index in [1.165, 1.54) is 31.0 Å². The van der Waals surface area contributed by atoms with Crippen LogP contribution in [-0.2, 0) is 4.74 Å². The molecular weight excluding hydrogens is 253 g/mol. The molecule has 18 heavy (non-hydrogen) atoms. The Labute approximate surface area is 111 Å². The molecule has 0 amide bonds. The van der Waals surface area contributed by atoms with Crippen LogP contribution in [0.5, 0.6) is 0 Å². The summed E-state index contributed by atoms with van der Waals surface area (Å²) in [6.07, 6.45) is 1.04. The van der Waals surface area contributed by atoms with Gasteiger partial charge < -0.3 is 10.5 Å². The second-order valence-corrected chi connectivity index (χ2v) is 5.25. The Kier molecular flexibility index (Phi) is 5.47. The van der Waals surface area contributed by atoms with Crippen molar-refractivity contribution in [3.63, 3.8) is 0 Å². The van der Waals surface area contributed by atoms with Crippen molar-refractivity contribution >= 4 is 23.4 Å². The normalized spacial score (nSPS) is 12.2. The summed E-state index contributed by atoms with van der Waals surface area (Å²) >= 11 is 1.39. The van der Waals surface area contributed by atoms with Crippen molar-refractivity contribution in [2.45, 2.75) is 25.2 Å². The minimum Gasteiger partial charge on any atom is -0.465 e. The largest absolute Gasteiger partial charge is 0.465 e. The van der Waals surface area contributed by atoms with Gasteiger partial charge in [-0.2, -0.15) is 0 Å². The summed E-state index contributed by atoms with van der Waals surface area (Å²) < 4.78 is 18.3. The van der Waals surface area contributed by atoms with Gasteiger partial charge in [-0.15, -0.1) is 11.8 Å². The van der Waals surface area contributed by atoms with Gasteiger partial charge in [0.15, 0.2) is 0 Å². The monoisotopic (exact) mass is 271 g/mol. The van der Waals surface area contributed by atoms with Crippen LogP contribution in [0, 0.1) is 11.7 Å². The van der Waals surface area contributed by atoms with Gasteiger partial charge in [0.2, 0.25) is 0 Å². The minimum atomic E-state index is -0.544. The average Bonchev–Trinajstić information content (AvgIpc) is 2.36. The molecule has 0 fully saturated rings. The predicted molar refractivity (Wildman–Crippen MR) is 72.3 cm³/mol. The van der Waals surface area contributed by atoms with E-state index in [-0.39, 0.29) is 11.3 Å². The molecule has 1 rings (SSSR count). The van der Waals surface area contributed by atoms with Crippen molar-refractivity contribution in [1.29, 1.82) is 0 Å². The lowest BCUT2D eigenvalue weighted by atomic mass is 10.2. The predicted octanol–water partition coefficient (Wildman–Crippen LogP) is 3.33. The first-order chi connectivity index (χ1) is 8.49. The van der Waals surface area contributed by atoms with Crippen LogP contribution in [0.4, 0.5) is 10.1 Å². The lowest BCUT2D eigenvalue weighted by Crippen LogP contribution is -2.07. The maximum absolute atomic E-state index is 13.7. The topological polar surface area (TPSA) is 52.3 Å². The number of methoxy groups -OCH3 is 1. The Morgan fingerprint density at radius 1 is 1.56 bits per heavy atom. The number of ether oxygens (including phenoxy) is 1. The molecule has 3 nitrogen and oxygen atoms in total. The van der Waals surface area contributed by atoms with Gasteiger partial charge in [0.1, 0.15) is 5.82 Å². The fourth-order valence-corrected chi connectivity index (χ4v) is 2.41. The molecule has 0 aromatic heterocycles. The Bertz CT molecular complexity index is 437. The van der Waals surface area contributed by atoms with E-state index in [1.807, 2.05) is 0 Å². The first-order valence-electron chi connectivity index (χ1n) is 5.79. The van der Waals surface area contributed by atoms with E-state index in [2.05, 4.69) is 18.6 Å². The first-order valence-corrected chi connectivity index (χ1v) is 6.78. The number of thioether (sulfide) groups is 1. The van der Waals surface area contributed by atoms with Gasteiger partial charge in [-0.25, -0.2) is 9.18 Å². The van der Waals surface area contributed by atoms with Crippen molar-refractivity contribution in [1.82, 2.24) is 0 Å². The second-order valence-electron chi connectivity index (χ2n) is 4.19. The molecule has 2 N–H and O–H groups in total. The van der Waals surface area contributed by atoms with Crippen molar-refractivity contribution in [3.05, 3.63) is 23.5 Å². The fraction of sp³-hybridized carbons (Fsp3) is 0.462. The molecule has 5 heteroatoms. The number of hydrogen-bond acceptors (Lipinski definition) is 4. The highest BCUT2D eigenvalue weighted by Crippen LogP contribution is 2.29. The van der Waals surface area contributed by atoms with Crippen LogP contribution in [0.1, 0.15) is 30.6 Å². The number of halogens is 1. The van der Waals surface area contributed by atoms with E-state index in [0.717, 1.165) is 12.2 Å². The summed E-state index contributed by atoms with van der Waals surface area (Å²) in [5.41, 5.74) is 5.92. The van der Waals surface area contributed by atoms with Crippen LogP contribution >= 0.6 is 11.8 Å². The second kappa shape index (κ2) is 6.64. The molecule has 0 aliphatic rings. The van der Waals surface area contributed by atoms with Gasteiger partial charge in [0.25, 0.3) is 0 Å². The molecule has 1 aromatic rings. The van der Waals surface area contributed by atoms with E-state index in [0.29, 0.717) is 10.8 Å². The molecule has 1 unspecified atom stereocenters. The molecule has 1 atom stereocenters. The van der Waals surface area contributed by atoms with Gasteiger partial charge in [-0.05, 0) is 18.1 Å². The molecule has 0 heterocycles.